The summed E-state index contributed by atoms with van der Waals surface area (Å²) in [6.45, 7) is 0.117. The lowest BCUT2D eigenvalue weighted by atomic mass is 10.5. The SMILES string of the molecule is COP(=O)(CCCOC(N)=O)OC. The fourth-order valence-corrected chi connectivity index (χ4v) is 1.72. The normalized spacial score (nSPS) is 11.2. The van der Waals surface area contributed by atoms with Crippen LogP contribution in [0.1, 0.15) is 6.42 Å². The van der Waals surface area contributed by atoms with E-state index in [1.54, 1.807) is 0 Å². The van der Waals surface area contributed by atoms with Crippen molar-refractivity contribution in [1.29, 1.82) is 0 Å². The average molecular weight is 211 g/mol. The third kappa shape index (κ3) is 5.63. The molecule has 6 nitrogen and oxygen atoms in total. The molecule has 0 atom stereocenters. The molecule has 0 bridgehead atoms. The highest BCUT2D eigenvalue weighted by molar-refractivity contribution is 7.53. The minimum atomic E-state index is -2.97. The Bertz CT molecular complexity index is 199. The van der Waals surface area contributed by atoms with E-state index in [4.69, 9.17) is 5.73 Å². The maximum absolute atomic E-state index is 11.4. The van der Waals surface area contributed by atoms with Crippen molar-refractivity contribution in [2.75, 3.05) is 27.0 Å². The molecular formula is C6H14NO5P. The lowest BCUT2D eigenvalue weighted by molar-refractivity contribution is 0.156. The van der Waals surface area contributed by atoms with E-state index < -0.39 is 13.7 Å². The monoisotopic (exact) mass is 211 g/mol. The summed E-state index contributed by atoms with van der Waals surface area (Å²) in [6.07, 6.45) is -0.250. The Morgan fingerprint density at radius 2 is 1.92 bits per heavy atom. The lowest BCUT2D eigenvalue weighted by Crippen LogP contribution is -2.14. The van der Waals surface area contributed by atoms with Crippen molar-refractivity contribution in [2.45, 2.75) is 6.42 Å². The topological polar surface area (TPSA) is 87.9 Å². The molecule has 1 amide bonds. The molecule has 0 rings (SSSR count). The number of carbonyl (C=O) groups excluding carboxylic acids is 1. The average Bonchev–Trinajstić information content (AvgIpc) is 2.12. The second kappa shape index (κ2) is 5.96. The van der Waals surface area contributed by atoms with Gasteiger partial charge in [-0.25, -0.2) is 4.79 Å². The Labute approximate surface area is 76.9 Å². The Kier molecular flexibility index (Phi) is 5.70. The lowest BCUT2D eigenvalue weighted by Gasteiger charge is -2.12. The first-order valence-electron chi connectivity index (χ1n) is 3.67. The van der Waals surface area contributed by atoms with Gasteiger partial charge in [0.15, 0.2) is 0 Å². The van der Waals surface area contributed by atoms with E-state index >= 15 is 0 Å². The van der Waals surface area contributed by atoms with E-state index in [0.29, 0.717) is 6.42 Å². The summed E-state index contributed by atoms with van der Waals surface area (Å²) in [5.74, 6) is 0. The number of amides is 1. The molecule has 0 unspecified atom stereocenters. The molecule has 0 aromatic heterocycles. The summed E-state index contributed by atoms with van der Waals surface area (Å²) < 4.78 is 25.1. The van der Waals surface area contributed by atoms with E-state index in [-0.39, 0.29) is 12.8 Å². The van der Waals surface area contributed by atoms with Crippen molar-refractivity contribution in [2.24, 2.45) is 5.73 Å². The van der Waals surface area contributed by atoms with Gasteiger partial charge in [0.05, 0.1) is 12.8 Å². The van der Waals surface area contributed by atoms with Crippen LogP contribution in [-0.4, -0.2) is 33.1 Å². The number of ether oxygens (including phenoxy) is 1. The van der Waals surface area contributed by atoms with Gasteiger partial charge in [-0.15, -0.1) is 0 Å². The molecule has 0 heterocycles. The van der Waals surface area contributed by atoms with Gasteiger partial charge in [0.2, 0.25) is 0 Å². The fraction of sp³-hybridized carbons (Fsp3) is 0.833. The Hall–Kier alpha value is -0.580. The molecule has 0 saturated carbocycles. The summed E-state index contributed by atoms with van der Waals surface area (Å²) >= 11 is 0. The molecule has 0 aliphatic rings. The molecule has 0 fully saturated rings. The first-order valence-corrected chi connectivity index (χ1v) is 5.39. The zero-order valence-corrected chi connectivity index (χ0v) is 8.58. The van der Waals surface area contributed by atoms with Crippen molar-refractivity contribution in [3.8, 4) is 0 Å². The predicted molar refractivity (Wildman–Crippen MR) is 46.6 cm³/mol. The van der Waals surface area contributed by atoms with Gasteiger partial charge in [0, 0.05) is 14.2 Å². The van der Waals surface area contributed by atoms with Crippen LogP contribution in [0.3, 0.4) is 0 Å². The third-order valence-electron chi connectivity index (χ3n) is 1.38. The van der Waals surface area contributed by atoms with Gasteiger partial charge in [-0.3, -0.25) is 4.57 Å². The number of primary amides is 1. The maximum Gasteiger partial charge on any atom is 0.404 e. The number of nitrogens with two attached hydrogens (primary N) is 1. The number of carbonyl (C=O) groups is 1. The molecular weight excluding hydrogens is 197 g/mol. The molecule has 0 radical (unpaired) electrons. The number of hydrogen-bond donors (Lipinski definition) is 1. The molecule has 13 heavy (non-hydrogen) atoms. The summed E-state index contributed by atoms with van der Waals surface area (Å²) in [5.41, 5.74) is 4.71. The van der Waals surface area contributed by atoms with Crippen molar-refractivity contribution in [3.05, 3.63) is 0 Å². The molecule has 78 valence electrons. The van der Waals surface area contributed by atoms with E-state index in [1.807, 2.05) is 0 Å². The first kappa shape index (κ1) is 12.4. The van der Waals surface area contributed by atoms with E-state index in [0.717, 1.165) is 0 Å². The largest absolute Gasteiger partial charge is 0.450 e. The van der Waals surface area contributed by atoms with Crippen LogP contribution < -0.4 is 5.73 Å². The summed E-state index contributed by atoms with van der Waals surface area (Å²) in [4.78, 5) is 10.1. The molecule has 0 aromatic rings. The van der Waals surface area contributed by atoms with Crippen LogP contribution in [0.5, 0.6) is 0 Å². The molecule has 2 N–H and O–H groups in total. The summed E-state index contributed by atoms with van der Waals surface area (Å²) in [7, 11) is -0.364. The van der Waals surface area contributed by atoms with Gasteiger partial charge in [0.1, 0.15) is 0 Å². The van der Waals surface area contributed by atoms with Crippen LogP contribution in [0.4, 0.5) is 4.79 Å². The summed E-state index contributed by atoms with van der Waals surface area (Å²) in [6, 6.07) is 0. The zero-order chi connectivity index (χ0) is 10.3. The number of rotatable bonds is 6. The van der Waals surface area contributed by atoms with Crippen molar-refractivity contribution < 1.29 is 23.1 Å². The summed E-state index contributed by atoms with van der Waals surface area (Å²) in [5, 5.41) is 0. The maximum atomic E-state index is 11.4. The quantitative estimate of drug-likeness (QED) is 0.522. The second-order valence-electron chi connectivity index (χ2n) is 2.22. The van der Waals surface area contributed by atoms with E-state index in [1.165, 1.54) is 14.2 Å². The van der Waals surface area contributed by atoms with Crippen LogP contribution >= 0.6 is 7.60 Å². The van der Waals surface area contributed by atoms with Crippen LogP contribution in [0.15, 0.2) is 0 Å². The Morgan fingerprint density at radius 1 is 1.38 bits per heavy atom. The third-order valence-corrected chi connectivity index (χ3v) is 3.35. The van der Waals surface area contributed by atoms with Crippen molar-refractivity contribution in [1.82, 2.24) is 0 Å². The van der Waals surface area contributed by atoms with Gasteiger partial charge in [-0.2, -0.15) is 0 Å². The van der Waals surface area contributed by atoms with Crippen molar-refractivity contribution in [3.63, 3.8) is 0 Å². The van der Waals surface area contributed by atoms with E-state index in [9.17, 15) is 9.36 Å². The molecule has 0 spiro atoms. The highest BCUT2D eigenvalue weighted by atomic mass is 31.2. The highest BCUT2D eigenvalue weighted by Crippen LogP contribution is 2.46. The van der Waals surface area contributed by atoms with Crippen LogP contribution in [0, 0.1) is 0 Å². The zero-order valence-electron chi connectivity index (χ0n) is 7.69. The van der Waals surface area contributed by atoms with Gasteiger partial charge in [-0.05, 0) is 6.42 Å². The van der Waals surface area contributed by atoms with Gasteiger partial charge >= 0.3 is 13.7 Å². The van der Waals surface area contributed by atoms with Crippen LogP contribution in [-0.2, 0) is 18.3 Å². The smallest absolute Gasteiger partial charge is 0.404 e. The Balaban J connectivity index is 3.62. The molecule has 0 aliphatic heterocycles. The van der Waals surface area contributed by atoms with Crippen molar-refractivity contribution >= 4 is 13.7 Å². The highest BCUT2D eigenvalue weighted by Gasteiger charge is 2.19. The van der Waals surface area contributed by atoms with Gasteiger partial charge in [0.25, 0.3) is 0 Å². The number of hydrogen-bond acceptors (Lipinski definition) is 5. The van der Waals surface area contributed by atoms with Gasteiger partial charge in [-0.1, -0.05) is 0 Å². The van der Waals surface area contributed by atoms with Crippen LogP contribution in [0.25, 0.3) is 0 Å². The Morgan fingerprint density at radius 3 is 2.31 bits per heavy atom. The standard InChI is InChI=1S/C6H14NO5P/c1-10-13(9,11-2)5-3-4-12-6(7)8/h3-5H2,1-2H3,(H2,7,8). The van der Waals surface area contributed by atoms with E-state index in [2.05, 4.69) is 13.8 Å². The minimum absolute atomic E-state index is 0.117. The molecule has 0 aliphatic carbocycles. The molecule has 0 saturated heterocycles. The minimum Gasteiger partial charge on any atom is -0.450 e. The van der Waals surface area contributed by atoms with Gasteiger partial charge < -0.3 is 19.5 Å². The van der Waals surface area contributed by atoms with Crippen LogP contribution in [0.2, 0.25) is 0 Å². The molecule has 7 heteroatoms. The fourth-order valence-electron chi connectivity index (χ4n) is 0.688. The first-order chi connectivity index (χ1) is 6.04. The second-order valence-corrected chi connectivity index (χ2v) is 4.62. The molecule has 0 aromatic carbocycles. The predicted octanol–water partition coefficient (Wildman–Crippen LogP) is 0.958.